The van der Waals surface area contributed by atoms with Gasteiger partial charge in [-0.25, -0.2) is 0 Å². The van der Waals surface area contributed by atoms with Gasteiger partial charge in [-0.15, -0.1) is 0 Å². The van der Waals surface area contributed by atoms with Crippen molar-refractivity contribution >= 4 is 28.8 Å². The maximum Gasteiger partial charge on any atom is 0.127 e. The molecular weight excluding hydrogens is 334 g/mol. The molecule has 2 heterocycles. The number of aryl methyl sites for hydroxylation is 1. The summed E-state index contributed by atoms with van der Waals surface area (Å²) in [6.07, 6.45) is 1.78. The van der Waals surface area contributed by atoms with Crippen LogP contribution in [0.3, 0.4) is 0 Å². The number of nitrogens with one attached hydrogen (secondary N) is 2. The lowest BCUT2D eigenvalue weighted by Gasteiger charge is -2.43. The lowest BCUT2D eigenvalue weighted by atomic mass is 9.86. The van der Waals surface area contributed by atoms with Crippen LogP contribution in [0.15, 0.2) is 47.5 Å². The van der Waals surface area contributed by atoms with E-state index in [-0.39, 0.29) is 5.54 Å². The first-order chi connectivity index (χ1) is 12.1. The largest absolute Gasteiger partial charge is 0.381 e. The number of benzene rings is 2. The molecule has 2 N–H and O–H groups in total. The highest BCUT2D eigenvalue weighted by atomic mass is 35.5. The molecule has 1 spiro atoms. The molecule has 0 amide bonds. The molecule has 4 rings (SSSR count). The van der Waals surface area contributed by atoms with Crippen LogP contribution in [0.2, 0.25) is 5.02 Å². The van der Waals surface area contributed by atoms with Gasteiger partial charge in [0, 0.05) is 31.1 Å². The summed E-state index contributed by atoms with van der Waals surface area (Å²) in [6.45, 7) is 4.23. The van der Waals surface area contributed by atoms with Crippen molar-refractivity contribution in [1.29, 1.82) is 0 Å². The molecule has 0 unspecified atom stereocenters. The molecule has 0 radical (unpaired) electrons. The lowest BCUT2D eigenvalue weighted by molar-refractivity contribution is 0.0778. The number of amidine groups is 1. The fourth-order valence-corrected chi connectivity index (χ4v) is 3.72. The number of halogens is 1. The molecule has 1 saturated heterocycles. The van der Waals surface area contributed by atoms with Crippen molar-refractivity contribution in [2.75, 3.05) is 23.8 Å². The van der Waals surface area contributed by atoms with Crippen molar-refractivity contribution in [3.63, 3.8) is 0 Å². The van der Waals surface area contributed by atoms with Gasteiger partial charge in [0.15, 0.2) is 0 Å². The highest BCUT2D eigenvalue weighted by molar-refractivity contribution is 6.31. The zero-order chi connectivity index (χ0) is 17.3. The lowest BCUT2D eigenvalue weighted by Crippen LogP contribution is -2.55. The minimum atomic E-state index is -0.209. The third-order valence-corrected chi connectivity index (χ3v) is 5.15. The standard InChI is InChI=1S/C20H22ClN3O/c1-14-3-2-4-15(11-14)13-22-19-20(7-9-25-10-8-20)24-18-12-16(21)5-6-17(18)23-19/h2-6,11-12,24H,7-10,13H2,1H3,(H,22,23). The Hall–Kier alpha value is -2.04. The number of ether oxygens (including phenoxy) is 1. The molecule has 0 aromatic heterocycles. The Morgan fingerprint density at radius 1 is 1.12 bits per heavy atom. The summed E-state index contributed by atoms with van der Waals surface area (Å²) in [5, 5.41) is 7.97. The Balaban J connectivity index is 1.68. The van der Waals surface area contributed by atoms with E-state index in [1.165, 1.54) is 11.1 Å². The van der Waals surface area contributed by atoms with Crippen molar-refractivity contribution in [3.8, 4) is 0 Å². The van der Waals surface area contributed by atoms with Gasteiger partial charge in [-0.05, 0) is 30.7 Å². The van der Waals surface area contributed by atoms with E-state index in [0.717, 1.165) is 48.3 Å². The number of hydrogen-bond donors (Lipinski definition) is 2. The topological polar surface area (TPSA) is 45.7 Å². The summed E-state index contributed by atoms with van der Waals surface area (Å²) in [7, 11) is 0. The SMILES string of the molecule is Cc1cccc(CN=C2Nc3ccc(Cl)cc3NC23CCOCC3)c1. The fraction of sp³-hybridized carbons (Fsp3) is 0.350. The Morgan fingerprint density at radius 3 is 2.76 bits per heavy atom. The first-order valence-corrected chi connectivity index (χ1v) is 9.05. The van der Waals surface area contributed by atoms with Crippen molar-refractivity contribution < 1.29 is 4.74 Å². The maximum atomic E-state index is 6.17. The van der Waals surface area contributed by atoms with Gasteiger partial charge in [0.1, 0.15) is 5.84 Å². The summed E-state index contributed by atoms with van der Waals surface area (Å²) in [5.41, 5.74) is 4.32. The van der Waals surface area contributed by atoms with Crippen LogP contribution in [0.4, 0.5) is 11.4 Å². The number of fused-ring (bicyclic) bond motifs is 1. The third kappa shape index (κ3) is 3.37. The molecule has 0 atom stereocenters. The Bertz CT molecular complexity index is 812. The summed E-state index contributed by atoms with van der Waals surface area (Å²) in [5.74, 6) is 0.993. The minimum absolute atomic E-state index is 0.209. The number of anilines is 2. The van der Waals surface area contributed by atoms with E-state index in [1.54, 1.807) is 0 Å². The first-order valence-electron chi connectivity index (χ1n) is 8.68. The summed E-state index contributed by atoms with van der Waals surface area (Å²) >= 11 is 6.17. The van der Waals surface area contributed by atoms with Crippen LogP contribution in [-0.2, 0) is 11.3 Å². The van der Waals surface area contributed by atoms with E-state index in [0.29, 0.717) is 6.54 Å². The molecule has 2 aliphatic rings. The second-order valence-electron chi connectivity index (χ2n) is 6.79. The minimum Gasteiger partial charge on any atom is -0.381 e. The first kappa shape index (κ1) is 16.4. The Kier molecular flexibility index (Phi) is 4.40. The second-order valence-corrected chi connectivity index (χ2v) is 7.22. The van der Waals surface area contributed by atoms with Gasteiger partial charge in [0.2, 0.25) is 0 Å². The fourth-order valence-electron chi connectivity index (χ4n) is 3.55. The monoisotopic (exact) mass is 355 g/mol. The van der Waals surface area contributed by atoms with E-state index in [1.807, 2.05) is 18.2 Å². The van der Waals surface area contributed by atoms with Crippen LogP contribution in [0.25, 0.3) is 0 Å². The molecular formula is C20H22ClN3O. The zero-order valence-corrected chi connectivity index (χ0v) is 15.1. The van der Waals surface area contributed by atoms with E-state index >= 15 is 0 Å². The number of aliphatic imine (C=N–C) groups is 1. The highest BCUT2D eigenvalue weighted by Gasteiger charge is 2.41. The molecule has 0 bridgehead atoms. The Labute approximate surface area is 153 Å². The van der Waals surface area contributed by atoms with E-state index < -0.39 is 0 Å². The number of hydrogen-bond acceptors (Lipinski definition) is 3. The van der Waals surface area contributed by atoms with Crippen molar-refractivity contribution in [2.45, 2.75) is 31.8 Å². The molecule has 0 aliphatic carbocycles. The van der Waals surface area contributed by atoms with Crippen LogP contribution >= 0.6 is 11.6 Å². The van der Waals surface area contributed by atoms with Crippen LogP contribution in [0.1, 0.15) is 24.0 Å². The van der Waals surface area contributed by atoms with Gasteiger partial charge in [0.25, 0.3) is 0 Å². The van der Waals surface area contributed by atoms with Crippen molar-refractivity contribution in [3.05, 3.63) is 58.6 Å². The van der Waals surface area contributed by atoms with Gasteiger partial charge in [-0.1, -0.05) is 41.4 Å². The predicted octanol–water partition coefficient (Wildman–Crippen LogP) is 4.63. The molecule has 2 aliphatic heterocycles. The van der Waals surface area contributed by atoms with Gasteiger partial charge in [-0.2, -0.15) is 0 Å². The second kappa shape index (κ2) is 6.70. The average molecular weight is 356 g/mol. The van der Waals surface area contributed by atoms with Crippen molar-refractivity contribution in [1.82, 2.24) is 0 Å². The highest BCUT2D eigenvalue weighted by Crippen LogP contribution is 2.38. The molecule has 1 fully saturated rings. The van der Waals surface area contributed by atoms with E-state index in [9.17, 15) is 0 Å². The number of rotatable bonds is 2. The van der Waals surface area contributed by atoms with E-state index in [2.05, 4.69) is 41.8 Å². The van der Waals surface area contributed by atoms with Gasteiger partial charge >= 0.3 is 0 Å². The summed E-state index contributed by atoms with van der Waals surface area (Å²) in [6, 6.07) is 14.4. The van der Waals surface area contributed by atoms with Crippen LogP contribution in [0, 0.1) is 6.92 Å². The van der Waals surface area contributed by atoms with Crippen LogP contribution in [-0.4, -0.2) is 24.6 Å². The third-order valence-electron chi connectivity index (χ3n) is 4.91. The normalized spacial score (nSPS) is 20.0. The Morgan fingerprint density at radius 2 is 1.96 bits per heavy atom. The zero-order valence-electron chi connectivity index (χ0n) is 14.3. The van der Waals surface area contributed by atoms with E-state index in [4.69, 9.17) is 21.3 Å². The predicted molar refractivity (Wildman–Crippen MR) is 104 cm³/mol. The van der Waals surface area contributed by atoms with Gasteiger partial charge in [-0.3, -0.25) is 4.99 Å². The smallest absolute Gasteiger partial charge is 0.127 e. The summed E-state index contributed by atoms with van der Waals surface area (Å²) in [4.78, 5) is 4.95. The number of nitrogens with zero attached hydrogens (tertiary/aromatic N) is 1. The van der Waals surface area contributed by atoms with Crippen molar-refractivity contribution in [2.24, 2.45) is 4.99 Å². The van der Waals surface area contributed by atoms with Gasteiger partial charge in [0.05, 0.1) is 23.5 Å². The van der Waals surface area contributed by atoms with Gasteiger partial charge < -0.3 is 15.4 Å². The average Bonchev–Trinajstić information content (AvgIpc) is 2.61. The molecule has 130 valence electrons. The van der Waals surface area contributed by atoms with Crippen LogP contribution < -0.4 is 10.6 Å². The quantitative estimate of drug-likeness (QED) is 0.825. The molecule has 4 nitrogen and oxygen atoms in total. The molecule has 5 heteroatoms. The molecule has 0 saturated carbocycles. The molecule has 25 heavy (non-hydrogen) atoms. The van der Waals surface area contributed by atoms with Crippen LogP contribution in [0.5, 0.6) is 0 Å². The molecule has 2 aromatic carbocycles. The maximum absolute atomic E-state index is 6.17. The molecule has 2 aromatic rings. The summed E-state index contributed by atoms with van der Waals surface area (Å²) < 4.78 is 5.59.